The van der Waals surface area contributed by atoms with Gasteiger partial charge in [0, 0.05) is 13.5 Å². The fourth-order valence-electron chi connectivity index (χ4n) is 2.94. The number of nitrogens with two attached hydrogens (primary N) is 2. The van der Waals surface area contributed by atoms with Gasteiger partial charge in [0.15, 0.2) is 5.96 Å². The van der Waals surface area contributed by atoms with Crippen LogP contribution in [-0.2, 0) is 28.8 Å². The molecule has 0 aliphatic heterocycles. The van der Waals surface area contributed by atoms with E-state index in [9.17, 15) is 33.9 Å². The lowest BCUT2D eigenvalue weighted by Crippen LogP contribution is -2.53. The van der Waals surface area contributed by atoms with Gasteiger partial charge in [-0.3, -0.25) is 29.0 Å². The largest absolute Gasteiger partial charge is 0.480 e. The van der Waals surface area contributed by atoms with Gasteiger partial charge in [-0.15, -0.1) is 0 Å². The van der Waals surface area contributed by atoms with E-state index in [2.05, 4.69) is 31.6 Å². The molecule has 0 heterocycles. The standard InChI is InChI=1S/C21H38N8O7/c1-11(2)8-15(29-17(32)9-25-18(33)12(3)27-13(4)30)19(34)26-10-16(31)28-14(20(35)36)6-5-7-24-21(22)23/h11-12,14-15H,5-10H2,1-4H3,(H,25,33)(H,26,34)(H,27,30)(H,28,31)(H,29,32)(H,35,36)(H4,22,23,24). The molecule has 0 aromatic carbocycles. The van der Waals surface area contributed by atoms with E-state index in [0.29, 0.717) is 6.42 Å². The second-order valence-corrected chi connectivity index (χ2v) is 8.51. The van der Waals surface area contributed by atoms with Gasteiger partial charge in [-0.25, -0.2) is 4.79 Å². The summed E-state index contributed by atoms with van der Waals surface area (Å²) in [6, 6.07) is -3.03. The van der Waals surface area contributed by atoms with Crippen LogP contribution in [0, 0.1) is 5.92 Å². The number of hydrogen-bond acceptors (Lipinski definition) is 7. The highest BCUT2D eigenvalue weighted by Crippen LogP contribution is 2.05. The molecule has 0 aliphatic rings. The van der Waals surface area contributed by atoms with Crippen LogP contribution in [0.25, 0.3) is 0 Å². The lowest BCUT2D eigenvalue weighted by atomic mass is 10.0. The molecule has 3 atom stereocenters. The highest BCUT2D eigenvalue weighted by atomic mass is 16.4. The third-order valence-electron chi connectivity index (χ3n) is 4.60. The summed E-state index contributed by atoms with van der Waals surface area (Å²) in [7, 11) is 0. The minimum Gasteiger partial charge on any atom is -0.480 e. The Kier molecular flexibility index (Phi) is 14.9. The van der Waals surface area contributed by atoms with Crippen LogP contribution in [0.15, 0.2) is 4.99 Å². The van der Waals surface area contributed by atoms with E-state index in [-0.39, 0.29) is 31.3 Å². The topological polar surface area (TPSA) is 247 Å². The Hall–Kier alpha value is -3.91. The third-order valence-corrected chi connectivity index (χ3v) is 4.60. The second kappa shape index (κ2) is 16.7. The molecular weight excluding hydrogens is 476 g/mol. The van der Waals surface area contributed by atoms with Crippen LogP contribution in [0.3, 0.4) is 0 Å². The van der Waals surface area contributed by atoms with Crippen LogP contribution >= 0.6 is 0 Å². The summed E-state index contributed by atoms with van der Waals surface area (Å²) in [5, 5.41) is 21.2. The molecule has 15 nitrogen and oxygen atoms in total. The molecule has 204 valence electrons. The minimum absolute atomic E-state index is 0.00543. The van der Waals surface area contributed by atoms with E-state index in [0.717, 1.165) is 0 Å². The Morgan fingerprint density at radius 1 is 0.833 bits per heavy atom. The minimum atomic E-state index is -1.25. The van der Waals surface area contributed by atoms with Crippen LogP contribution in [0.2, 0.25) is 0 Å². The fourth-order valence-corrected chi connectivity index (χ4v) is 2.94. The average Bonchev–Trinajstić information content (AvgIpc) is 2.76. The summed E-state index contributed by atoms with van der Waals surface area (Å²) in [4.78, 5) is 75.0. The smallest absolute Gasteiger partial charge is 0.326 e. The van der Waals surface area contributed by atoms with Gasteiger partial charge in [0.1, 0.15) is 18.1 Å². The Bertz CT molecular complexity index is 827. The Morgan fingerprint density at radius 3 is 1.83 bits per heavy atom. The first-order valence-electron chi connectivity index (χ1n) is 11.4. The van der Waals surface area contributed by atoms with Crippen molar-refractivity contribution in [1.82, 2.24) is 26.6 Å². The molecule has 10 N–H and O–H groups in total. The van der Waals surface area contributed by atoms with E-state index in [1.807, 2.05) is 13.8 Å². The Balaban J connectivity index is 4.80. The van der Waals surface area contributed by atoms with Crippen molar-refractivity contribution in [3.05, 3.63) is 0 Å². The number of aliphatic imine (C=N–C) groups is 1. The number of aliphatic carboxylic acids is 1. The molecule has 0 aliphatic carbocycles. The molecular formula is C21H38N8O7. The molecule has 0 aromatic heterocycles. The normalized spacial score (nSPS) is 12.9. The maximum atomic E-state index is 12.6. The summed E-state index contributed by atoms with van der Waals surface area (Å²) in [6.07, 6.45) is 0.631. The van der Waals surface area contributed by atoms with Gasteiger partial charge in [-0.05, 0) is 32.1 Å². The maximum absolute atomic E-state index is 12.6. The van der Waals surface area contributed by atoms with Crippen molar-refractivity contribution in [2.45, 2.75) is 65.1 Å². The second-order valence-electron chi connectivity index (χ2n) is 8.51. The Labute approximate surface area is 209 Å². The van der Waals surface area contributed by atoms with Gasteiger partial charge in [0.25, 0.3) is 0 Å². The Morgan fingerprint density at radius 2 is 1.36 bits per heavy atom. The van der Waals surface area contributed by atoms with Crippen molar-refractivity contribution in [1.29, 1.82) is 0 Å². The molecule has 0 aromatic rings. The zero-order chi connectivity index (χ0) is 27.8. The summed E-state index contributed by atoms with van der Waals surface area (Å²) in [5.41, 5.74) is 10.4. The number of carboxylic acids is 1. The zero-order valence-corrected chi connectivity index (χ0v) is 21.1. The highest BCUT2D eigenvalue weighted by Gasteiger charge is 2.24. The molecule has 0 spiro atoms. The van der Waals surface area contributed by atoms with E-state index in [1.54, 1.807) is 0 Å². The number of nitrogens with zero attached hydrogens (tertiary/aromatic N) is 1. The SMILES string of the molecule is CC(=O)NC(C)C(=O)NCC(=O)NC(CC(C)C)C(=O)NCC(=O)NC(CCCN=C(N)N)C(=O)O. The number of carboxylic acid groups (broad SMARTS) is 1. The van der Waals surface area contributed by atoms with Crippen molar-refractivity contribution in [2.24, 2.45) is 22.4 Å². The van der Waals surface area contributed by atoms with Crippen LogP contribution < -0.4 is 38.1 Å². The fraction of sp³-hybridized carbons (Fsp3) is 0.667. The molecule has 0 fully saturated rings. The number of guanidine groups is 1. The van der Waals surface area contributed by atoms with Gasteiger partial charge in [0.05, 0.1) is 13.1 Å². The summed E-state index contributed by atoms with van der Waals surface area (Å²) < 4.78 is 0. The number of amides is 5. The van der Waals surface area contributed by atoms with Crippen LogP contribution in [-0.4, -0.2) is 84.3 Å². The predicted octanol–water partition coefficient (Wildman–Crippen LogP) is -3.10. The van der Waals surface area contributed by atoms with Gasteiger partial charge in [-0.1, -0.05) is 13.8 Å². The lowest BCUT2D eigenvalue weighted by Gasteiger charge is -2.21. The zero-order valence-electron chi connectivity index (χ0n) is 21.1. The first-order chi connectivity index (χ1) is 16.7. The van der Waals surface area contributed by atoms with Crippen molar-refractivity contribution < 1.29 is 33.9 Å². The van der Waals surface area contributed by atoms with E-state index >= 15 is 0 Å². The molecule has 0 bridgehead atoms. The number of hydrogen-bond donors (Lipinski definition) is 8. The molecule has 5 amide bonds. The maximum Gasteiger partial charge on any atom is 0.326 e. The van der Waals surface area contributed by atoms with Crippen molar-refractivity contribution in [3.63, 3.8) is 0 Å². The van der Waals surface area contributed by atoms with Gasteiger partial charge >= 0.3 is 5.97 Å². The van der Waals surface area contributed by atoms with Gasteiger partial charge in [0.2, 0.25) is 29.5 Å². The molecule has 0 radical (unpaired) electrons. The first kappa shape index (κ1) is 32.1. The number of rotatable bonds is 16. The predicted molar refractivity (Wildman–Crippen MR) is 130 cm³/mol. The summed E-state index contributed by atoms with van der Waals surface area (Å²) in [5.74, 6) is -4.37. The summed E-state index contributed by atoms with van der Waals surface area (Å²) >= 11 is 0. The number of carbonyl (C=O) groups excluding carboxylic acids is 5. The van der Waals surface area contributed by atoms with Gasteiger partial charge < -0.3 is 43.2 Å². The number of carbonyl (C=O) groups is 6. The molecule has 0 saturated carbocycles. The molecule has 15 heteroatoms. The van der Waals surface area contributed by atoms with Crippen LogP contribution in [0.5, 0.6) is 0 Å². The van der Waals surface area contributed by atoms with Crippen LogP contribution in [0.4, 0.5) is 0 Å². The number of nitrogens with one attached hydrogen (secondary N) is 5. The third kappa shape index (κ3) is 15.1. The highest BCUT2D eigenvalue weighted by molar-refractivity contribution is 5.93. The molecule has 0 saturated heterocycles. The van der Waals surface area contributed by atoms with E-state index in [1.165, 1.54) is 13.8 Å². The first-order valence-corrected chi connectivity index (χ1v) is 11.4. The average molecular weight is 515 g/mol. The molecule has 0 rings (SSSR count). The van der Waals surface area contributed by atoms with E-state index in [4.69, 9.17) is 11.5 Å². The van der Waals surface area contributed by atoms with Crippen molar-refractivity contribution in [3.8, 4) is 0 Å². The van der Waals surface area contributed by atoms with Crippen molar-refractivity contribution in [2.75, 3.05) is 19.6 Å². The quantitative estimate of drug-likeness (QED) is 0.0589. The van der Waals surface area contributed by atoms with Crippen molar-refractivity contribution >= 4 is 41.5 Å². The van der Waals surface area contributed by atoms with Gasteiger partial charge in [-0.2, -0.15) is 0 Å². The van der Waals surface area contributed by atoms with Crippen LogP contribution in [0.1, 0.15) is 47.0 Å². The monoisotopic (exact) mass is 514 g/mol. The lowest BCUT2D eigenvalue weighted by molar-refractivity contribution is -0.142. The molecule has 3 unspecified atom stereocenters. The molecule has 36 heavy (non-hydrogen) atoms. The van der Waals surface area contributed by atoms with E-state index < -0.39 is 66.7 Å². The summed E-state index contributed by atoms with van der Waals surface area (Å²) in [6.45, 7) is 5.63.